The van der Waals surface area contributed by atoms with Gasteiger partial charge in [0.15, 0.2) is 0 Å². The van der Waals surface area contributed by atoms with Crippen LogP contribution < -0.4 is 5.32 Å². The van der Waals surface area contributed by atoms with E-state index in [0.29, 0.717) is 18.2 Å². The lowest BCUT2D eigenvalue weighted by Crippen LogP contribution is -2.48. The van der Waals surface area contributed by atoms with E-state index in [9.17, 15) is 14.5 Å². The molecule has 1 fully saturated rings. The van der Waals surface area contributed by atoms with Gasteiger partial charge >= 0.3 is 5.69 Å². The van der Waals surface area contributed by atoms with Gasteiger partial charge in [-0.2, -0.15) is 4.39 Å². The molecule has 1 aliphatic rings. The van der Waals surface area contributed by atoms with Gasteiger partial charge in [-0.05, 0) is 6.92 Å². The van der Waals surface area contributed by atoms with Gasteiger partial charge in [-0.1, -0.05) is 12.1 Å². The Balaban J connectivity index is 2.14. The third-order valence-corrected chi connectivity index (χ3v) is 3.10. The van der Waals surface area contributed by atoms with E-state index < -0.39 is 16.4 Å². The van der Waals surface area contributed by atoms with E-state index >= 15 is 0 Å². The molecule has 1 saturated heterocycles. The van der Waals surface area contributed by atoms with Crippen molar-refractivity contribution in [3.05, 3.63) is 39.7 Å². The molecule has 1 heterocycles. The Morgan fingerprint density at radius 1 is 1.61 bits per heavy atom. The summed E-state index contributed by atoms with van der Waals surface area (Å²) in [7, 11) is 0. The fourth-order valence-corrected chi connectivity index (χ4v) is 2.23. The number of piperazine rings is 1. The summed E-state index contributed by atoms with van der Waals surface area (Å²) in [5.41, 5.74) is -0.0611. The topological polar surface area (TPSA) is 58.4 Å². The smallest absolute Gasteiger partial charge is 0.305 e. The Hall–Kier alpha value is -1.53. The van der Waals surface area contributed by atoms with Gasteiger partial charge in [0, 0.05) is 43.9 Å². The Labute approximate surface area is 105 Å². The molecule has 0 aliphatic carbocycles. The lowest BCUT2D eigenvalue weighted by molar-refractivity contribution is -0.387. The Morgan fingerprint density at radius 3 is 3.06 bits per heavy atom. The largest absolute Gasteiger partial charge is 0.312 e. The summed E-state index contributed by atoms with van der Waals surface area (Å²) in [5.74, 6) is -0.714. The van der Waals surface area contributed by atoms with Gasteiger partial charge in [0.2, 0.25) is 5.82 Å². The van der Waals surface area contributed by atoms with Crippen LogP contribution in [0.15, 0.2) is 18.2 Å². The van der Waals surface area contributed by atoms with Gasteiger partial charge in [0.1, 0.15) is 0 Å². The molecule has 18 heavy (non-hydrogen) atoms. The Kier molecular flexibility index (Phi) is 3.88. The number of rotatable bonds is 3. The Morgan fingerprint density at radius 2 is 2.39 bits per heavy atom. The first-order valence-electron chi connectivity index (χ1n) is 5.95. The molecule has 1 atom stereocenters. The summed E-state index contributed by atoms with van der Waals surface area (Å²) in [6.07, 6.45) is 0. The normalized spacial score (nSPS) is 20.9. The molecule has 2 rings (SSSR count). The van der Waals surface area contributed by atoms with E-state index in [0.717, 1.165) is 19.6 Å². The summed E-state index contributed by atoms with van der Waals surface area (Å²) >= 11 is 0. The van der Waals surface area contributed by atoms with Gasteiger partial charge in [-0.15, -0.1) is 0 Å². The molecule has 1 N–H and O–H groups in total. The van der Waals surface area contributed by atoms with Crippen molar-refractivity contribution in [2.75, 3.05) is 19.6 Å². The van der Waals surface area contributed by atoms with Crippen LogP contribution >= 0.6 is 0 Å². The van der Waals surface area contributed by atoms with E-state index in [1.807, 2.05) is 0 Å². The fraction of sp³-hybridized carbons (Fsp3) is 0.500. The maximum atomic E-state index is 13.9. The molecule has 1 aromatic rings. The van der Waals surface area contributed by atoms with Crippen LogP contribution in [-0.4, -0.2) is 35.5 Å². The molecular weight excluding hydrogens is 237 g/mol. The molecule has 0 amide bonds. The molecular formula is C12H16FN3O2. The van der Waals surface area contributed by atoms with Crippen LogP contribution in [0.25, 0.3) is 0 Å². The zero-order valence-electron chi connectivity index (χ0n) is 10.2. The van der Waals surface area contributed by atoms with Gasteiger partial charge in [-0.3, -0.25) is 15.0 Å². The average molecular weight is 253 g/mol. The van der Waals surface area contributed by atoms with Crippen LogP contribution in [0.1, 0.15) is 12.5 Å². The number of halogens is 1. The molecule has 0 radical (unpaired) electrons. The predicted molar refractivity (Wildman–Crippen MR) is 65.8 cm³/mol. The molecule has 6 heteroatoms. The maximum absolute atomic E-state index is 13.9. The van der Waals surface area contributed by atoms with Crippen molar-refractivity contribution in [2.24, 2.45) is 0 Å². The van der Waals surface area contributed by atoms with Gasteiger partial charge in [0.05, 0.1) is 4.92 Å². The highest BCUT2D eigenvalue weighted by Crippen LogP contribution is 2.21. The van der Waals surface area contributed by atoms with Crippen molar-refractivity contribution >= 4 is 5.69 Å². The van der Waals surface area contributed by atoms with Crippen LogP contribution in [0.2, 0.25) is 0 Å². The maximum Gasteiger partial charge on any atom is 0.305 e. The molecule has 1 aromatic carbocycles. The molecule has 0 unspecified atom stereocenters. The van der Waals surface area contributed by atoms with Crippen molar-refractivity contribution in [3.8, 4) is 0 Å². The van der Waals surface area contributed by atoms with Crippen molar-refractivity contribution in [3.63, 3.8) is 0 Å². The monoisotopic (exact) mass is 253 g/mol. The molecule has 0 saturated carbocycles. The van der Waals surface area contributed by atoms with Gasteiger partial charge in [-0.25, -0.2) is 0 Å². The lowest BCUT2D eigenvalue weighted by atomic mass is 10.1. The fourth-order valence-electron chi connectivity index (χ4n) is 2.23. The molecule has 1 aliphatic heterocycles. The number of nitrogens with zero attached hydrogens (tertiary/aromatic N) is 2. The van der Waals surface area contributed by atoms with Crippen LogP contribution in [0.5, 0.6) is 0 Å². The summed E-state index contributed by atoms with van der Waals surface area (Å²) in [4.78, 5) is 12.1. The van der Waals surface area contributed by atoms with E-state index in [4.69, 9.17) is 0 Å². The third kappa shape index (κ3) is 2.83. The number of hydrogen-bond donors (Lipinski definition) is 1. The van der Waals surface area contributed by atoms with Crippen molar-refractivity contribution < 1.29 is 9.31 Å². The summed E-state index contributed by atoms with van der Waals surface area (Å²) in [6, 6.07) is 4.69. The summed E-state index contributed by atoms with van der Waals surface area (Å²) < 4.78 is 13.9. The number of hydrogen-bond acceptors (Lipinski definition) is 4. The van der Waals surface area contributed by atoms with Crippen LogP contribution in [-0.2, 0) is 6.54 Å². The minimum Gasteiger partial charge on any atom is -0.312 e. The third-order valence-electron chi connectivity index (χ3n) is 3.10. The van der Waals surface area contributed by atoms with E-state index in [1.54, 1.807) is 6.07 Å². The van der Waals surface area contributed by atoms with Crippen molar-refractivity contribution in [1.82, 2.24) is 10.2 Å². The number of nitro benzene ring substituents is 1. The van der Waals surface area contributed by atoms with Crippen LogP contribution in [0.3, 0.4) is 0 Å². The van der Waals surface area contributed by atoms with E-state index in [-0.39, 0.29) is 0 Å². The lowest BCUT2D eigenvalue weighted by Gasteiger charge is -2.31. The van der Waals surface area contributed by atoms with Gasteiger partial charge in [0.25, 0.3) is 0 Å². The van der Waals surface area contributed by atoms with E-state index in [1.165, 1.54) is 12.1 Å². The van der Waals surface area contributed by atoms with Crippen LogP contribution in [0.4, 0.5) is 10.1 Å². The number of nitro groups is 1. The highest BCUT2D eigenvalue weighted by atomic mass is 19.1. The zero-order valence-corrected chi connectivity index (χ0v) is 10.2. The second kappa shape index (κ2) is 5.41. The summed E-state index contributed by atoms with van der Waals surface area (Å²) in [5, 5.41) is 14.0. The highest BCUT2D eigenvalue weighted by Gasteiger charge is 2.21. The second-order valence-electron chi connectivity index (χ2n) is 4.60. The first kappa shape index (κ1) is 12.9. The van der Waals surface area contributed by atoms with Crippen molar-refractivity contribution in [1.29, 1.82) is 0 Å². The SMILES string of the molecule is C[C@H]1CN(Cc2cccc([N+](=O)[O-])c2F)CCN1. The Bertz CT molecular complexity index is 453. The zero-order chi connectivity index (χ0) is 13.1. The first-order valence-corrected chi connectivity index (χ1v) is 5.95. The minimum absolute atomic E-state index is 0.362. The number of benzene rings is 1. The van der Waals surface area contributed by atoms with Crippen LogP contribution in [0, 0.1) is 15.9 Å². The van der Waals surface area contributed by atoms with E-state index in [2.05, 4.69) is 17.1 Å². The minimum atomic E-state index is -0.714. The number of nitrogens with one attached hydrogen (secondary N) is 1. The van der Waals surface area contributed by atoms with Gasteiger partial charge < -0.3 is 5.32 Å². The standard InChI is InChI=1S/C12H16FN3O2/c1-9-7-15(6-5-14-9)8-10-3-2-4-11(12(10)13)16(17)18/h2-4,9,14H,5-8H2,1H3/t9-/m0/s1. The highest BCUT2D eigenvalue weighted by molar-refractivity contribution is 5.36. The average Bonchev–Trinajstić information content (AvgIpc) is 2.31. The predicted octanol–water partition coefficient (Wildman–Crippen LogP) is 1.53. The van der Waals surface area contributed by atoms with Crippen molar-refractivity contribution in [2.45, 2.75) is 19.5 Å². The molecule has 5 nitrogen and oxygen atoms in total. The quantitative estimate of drug-likeness (QED) is 0.655. The molecule has 98 valence electrons. The summed E-state index contributed by atoms with van der Waals surface area (Å²) in [6.45, 7) is 4.99. The molecule has 0 aromatic heterocycles. The molecule has 0 bridgehead atoms. The first-order chi connectivity index (χ1) is 8.58. The second-order valence-corrected chi connectivity index (χ2v) is 4.60. The molecule has 0 spiro atoms.